The van der Waals surface area contributed by atoms with Crippen molar-refractivity contribution in [2.75, 3.05) is 5.32 Å². The molecule has 0 aliphatic rings. The number of benzene rings is 2. The van der Waals surface area contributed by atoms with Crippen LogP contribution in [0.1, 0.15) is 26.5 Å². The van der Waals surface area contributed by atoms with Crippen LogP contribution in [0.5, 0.6) is 0 Å². The van der Waals surface area contributed by atoms with Gasteiger partial charge in [0, 0.05) is 28.4 Å². The monoisotopic (exact) mass is 432 g/mol. The van der Waals surface area contributed by atoms with Crippen LogP contribution in [0.25, 0.3) is 10.6 Å². The fourth-order valence-corrected chi connectivity index (χ4v) is 3.62. The minimum absolute atomic E-state index is 0.245. The van der Waals surface area contributed by atoms with Crippen molar-refractivity contribution in [2.24, 2.45) is 0 Å². The van der Waals surface area contributed by atoms with Gasteiger partial charge in [0.05, 0.1) is 12.2 Å². The summed E-state index contributed by atoms with van der Waals surface area (Å²) in [4.78, 5) is 33.5. The van der Waals surface area contributed by atoms with E-state index in [2.05, 4.69) is 20.6 Å². The van der Waals surface area contributed by atoms with E-state index in [9.17, 15) is 14.0 Å². The first-order valence-corrected chi connectivity index (χ1v) is 10.3. The minimum atomic E-state index is -0.393. The number of amides is 2. The van der Waals surface area contributed by atoms with Crippen molar-refractivity contribution in [1.29, 1.82) is 0 Å². The normalized spacial score (nSPS) is 10.5. The number of nitrogens with zero attached hydrogens (tertiary/aromatic N) is 2. The van der Waals surface area contributed by atoms with E-state index >= 15 is 0 Å². The molecule has 0 atom stereocenters. The summed E-state index contributed by atoms with van der Waals surface area (Å²) in [6.45, 7) is 0.307. The molecule has 0 bridgehead atoms. The summed E-state index contributed by atoms with van der Waals surface area (Å²) in [5.74, 6) is -0.994. The molecular formula is C23H17FN4O2S. The maximum Gasteiger partial charge on any atom is 0.275 e. The van der Waals surface area contributed by atoms with Crippen LogP contribution in [0, 0.1) is 5.82 Å². The Bertz CT molecular complexity index is 1210. The van der Waals surface area contributed by atoms with Gasteiger partial charge in [-0.2, -0.15) is 0 Å². The van der Waals surface area contributed by atoms with Crippen molar-refractivity contribution < 1.29 is 14.0 Å². The minimum Gasteiger partial charge on any atom is -0.346 e. The summed E-state index contributed by atoms with van der Waals surface area (Å²) in [5.41, 5.74) is 2.62. The first kappa shape index (κ1) is 20.4. The van der Waals surface area contributed by atoms with Gasteiger partial charge in [0.25, 0.3) is 11.8 Å². The van der Waals surface area contributed by atoms with Crippen molar-refractivity contribution in [3.8, 4) is 10.6 Å². The molecule has 4 rings (SSSR count). The van der Waals surface area contributed by atoms with Crippen LogP contribution in [-0.2, 0) is 6.54 Å². The molecule has 8 heteroatoms. The van der Waals surface area contributed by atoms with E-state index in [0.717, 1.165) is 11.3 Å². The molecule has 2 aromatic carbocycles. The van der Waals surface area contributed by atoms with Gasteiger partial charge >= 0.3 is 0 Å². The second kappa shape index (κ2) is 9.27. The van der Waals surface area contributed by atoms with E-state index in [4.69, 9.17) is 0 Å². The van der Waals surface area contributed by atoms with E-state index in [1.54, 1.807) is 48.0 Å². The fraction of sp³-hybridized carbons (Fsp3) is 0.0435. The summed E-state index contributed by atoms with van der Waals surface area (Å²) < 4.78 is 13.1. The fourth-order valence-electron chi connectivity index (χ4n) is 2.81. The summed E-state index contributed by atoms with van der Waals surface area (Å²) in [5, 5.41) is 7.81. The molecule has 0 radical (unpaired) electrons. The molecule has 0 saturated heterocycles. The Balaban J connectivity index is 1.41. The van der Waals surface area contributed by atoms with Gasteiger partial charge in [0.2, 0.25) is 0 Å². The van der Waals surface area contributed by atoms with E-state index in [-0.39, 0.29) is 17.4 Å². The van der Waals surface area contributed by atoms with Gasteiger partial charge in [-0.3, -0.25) is 14.6 Å². The number of aromatic nitrogens is 2. The van der Waals surface area contributed by atoms with Gasteiger partial charge in [0.1, 0.15) is 16.5 Å². The Kier molecular flexibility index (Phi) is 6.09. The van der Waals surface area contributed by atoms with Crippen molar-refractivity contribution in [1.82, 2.24) is 15.3 Å². The molecule has 2 N–H and O–H groups in total. The number of pyridine rings is 1. The van der Waals surface area contributed by atoms with Crippen LogP contribution in [0.3, 0.4) is 0 Å². The molecule has 0 aliphatic heterocycles. The molecule has 0 saturated carbocycles. The quantitative estimate of drug-likeness (QED) is 0.469. The zero-order chi connectivity index (χ0) is 21.6. The van der Waals surface area contributed by atoms with Crippen LogP contribution >= 0.6 is 11.3 Å². The van der Waals surface area contributed by atoms with Gasteiger partial charge in [0.15, 0.2) is 0 Å². The van der Waals surface area contributed by atoms with Gasteiger partial charge in [-0.1, -0.05) is 12.1 Å². The summed E-state index contributed by atoms with van der Waals surface area (Å²) >= 11 is 1.30. The number of halogens is 1. The van der Waals surface area contributed by atoms with E-state index in [1.165, 1.54) is 23.5 Å². The number of carbonyl (C=O) groups excluding carboxylic acids is 2. The van der Waals surface area contributed by atoms with E-state index in [1.807, 2.05) is 18.2 Å². The van der Waals surface area contributed by atoms with E-state index < -0.39 is 5.91 Å². The highest BCUT2D eigenvalue weighted by molar-refractivity contribution is 7.13. The van der Waals surface area contributed by atoms with Crippen molar-refractivity contribution in [3.05, 3.63) is 101 Å². The molecule has 2 aromatic heterocycles. The zero-order valence-corrected chi connectivity index (χ0v) is 17.0. The Hall–Kier alpha value is -3.91. The second-order valence-electron chi connectivity index (χ2n) is 6.58. The Morgan fingerprint density at radius 2 is 1.81 bits per heavy atom. The topological polar surface area (TPSA) is 84.0 Å². The maximum absolute atomic E-state index is 13.1. The van der Waals surface area contributed by atoms with Crippen molar-refractivity contribution >= 4 is 28.8 Å². The number of carbonyl (C=O) groups is 2. The Labute approximate surface area is 181 Å². The average molecular weight is 432 g/mol. The summed E-state index contributed by atoms with van der Waals surface area (Å²) in [6, 6.07) is 18.1. The van der Waals surface area contributed by atoms with Gasteiger partial charge < -0.3 is 10.6 Å². The smallest absolute Gasteiger partial charge is 0.275 e. The van der Waals surface area contributed by atoms with Crippen LogP contribution < -0.4 is 10.6 Å². The molecule has 0 fully saturated rings. The lowest BCUT2D eigenvalue weighted by atomic mass is 10.2. The molecule has 0 unspecified atom stereocenters. The highest BCUT2D eigenvalue weighted by Crippen LogP contribution is 2.24. The lowest BCUT2D eigenvalue weighted by Crippen LogP contribution is -2.23. The first-order chi connectivity index (χ1) is 15.1. The average Bonchev–Trinajstić information content (AvgIpc) is 3.29. The van der Waals surface area contributed by atoms with Crippen LogP contribution in [0.15, 0.2) is 78.3 Å². The molecular weight excluding hydrogens is 415 g/mol. The highest BCUT2D eigenvalue weighted by Gasteiger charge is 2.13. The predicted molar refractivity (Wildman–Crippen MR) is 117 cm³/mol. The van der Waals surface area contributed by atoms with Gasteiger partial charge in [-0.15, -0.1) is 11.3 Å². The second-order valence-corrected chi connectivity index (χ2v) is 7.44. The lowest BCUT2D eigenvalue weighted by Gasteiger charge is -2.07. The Morgan fingerprint density at radius 1 is 0.968 bits per heavy atom. The number of thiazole rings is 1. The first-order valence-electron chi connectivity index (χ1n) is 9.39. The third-order valence-electron chi connectivity index (χ3n) is 4.37. The molecule has 4 aromatic rings. The molecule has 2 heterocycles. The zero-order valence-electron chi connectivity index (χ0n) is 16.2. The van der Waals surface area contributed by atoms with Crippen LogP contribution in [0.4, 0.5) is 10.1 Å². The molecule has 154 valence electrons. The predicted octanol–water partition coefficient (Wildman–Crippen LogP) is 4.53. The summed E-state index contributed by atoms with van der Waals surface area (Å²) in [7, 11) is 0. The molecule has 0 aliphatic carbocycles. The van der Waals surface area contributed by atoms with E-state index in [0.29, 0.717) is 22.8 Å². The third-order valence-corrected chi connectivity index (χ3v) is 5.26. The number of nitrogens with one attached hydrogen (secondary N) is 2. The molecule has 2 amide bonds. The number of anilines is 1. The van der Waals surface area contributed by atoms with Crippen molar-refractivity contribution in [3.63, 3.8) is 0 Å². The van der Waals surface area contributed by atoms with Gasteiger partial charge in [-0.25, -0.2) is 9.37 Å². The third kappa shape index (κ3) is 5.18. The van der Waals surface area contributed by atoms with Crippen LogP contribution in [0.2, 0.25) is 0 Å². The molecule has 0 spiro atoms. The number of hydrogen-bond acceptors (Lipinski definition) is 5. The number of rotatable bonds is 6. The van der Waals surface area contributed by atoms with Crippen LogP contribution in [-0.4, -0.2) is 21.8 Å². The van der Waals surface area contributed by atoms with Crippen molar-refractivity contribution in [2.45, 2.75) is 6.54 Å². The summed E-state index contributed by atoms with van der Waals surface area (Å²) in [6.07, 6.45) is 1.66. The largest absolute Gasteiger partial charge is 0.346 e. The highest BCUT2D eigenvalue weighted by atomic mass is 32.1. The number of hydrogen-bond donors (Lipinski definition) is 2. The SMILES string of the molecule is O=C(NCc1ccccn1)c1cccc(NC(=O)c2csc(-c3ccc(F)cc3)n2)c1. The maximum atomic E-state index is 13.1. The Morgan fingerprint density at radius 3 is 2.58 bits per heavy atom. The lowest BCUT2D eigenvalue weighted by molar-refractivity contribution is 0.0949. The van der Waals surface area contributed by atoms with Gasteiger partial charge in [-0.05, 0) is 54.6 Å². The molecule has 6 nitrogen and oxygen atoms in total. The standard InChI is InChI=1S/C23H17FN4O2S/c24-17-9-7-15(8-10-17)23-28-20(14-31-23)22(30)27-18-6-3-4-16(12-18)21(29)26-13-19-5-1-2-11-25-19/h1-12,14H,13H2,(H,26,29)(H,27,30). The molecule has 31 heavy (non-hydrogen) atoms.